The van der Waals surface area contributed by atoms with E-state index in [9.17, 15) is 0 Å². The second kappa shape index (κ2) is 5.67. The Morgan fingerprint density at radius 2 is 2.26 bits per heavy atom. The molecule has 0 aliphatic heterocycles. The number of nitrogens with one attached hydrogen (secondary N) is 1. The summed E-state index contributed by atoms with van der Waals surface area (Å²) in [7, 11) is 0. The summed E-state index contributed by atoms with van der Waals surface area (Å²) in [5.41, 5.74) is 2.89. The molecular weight excluding hydrogens is 240 g/mol. The lowest BCUT2D eigenvalue weighted by Crippen LogP contribution is -2.42. The minimum atomic E-state index is -0.0380. The molecule has 0 bridgehead atoms. The Kier molecular flexibility index (Phi) is 4.17. The highest BCUT2D eigenvalue weighted by atomic mass is 16.3. The van der Waals surface area contributed by atoms with Crippen molar-refractivity contribution in [2.45, 2.75) is 45.7 Å². The molecule has 2 N–H and O–H groups in total. The molecule has 5 nitrogen and oxygen atoms in total. The highest BCUT2D eigenvalue weighted by Gasteiger charge is 2.20. The summed E-state index contributed by atoms with van der Waals surface area (Å²) < 4.78 is 1.81. The predicted molar refractivity (Wildman–Crippen MR) is 75.0 cm³/mol. The van der Waals surface area contributed by atoms with E-state index in [1.54, 1.807) is 0 Å². The molecule has 0 saturated heterocycles. The van der Waals surface area contributed by atoms with Crippen LogP contribution < -0.4 is 5.32 Å². The molecule has 0 fully saturated rings. The first-order chi connectivity index (χ1) is 9.06. The molecular formula is C14H22N4O. The minimum absolute atomic E-state index is 0.0380. The van der Waals surface area contributed by atoms with Gasteiger partial charge in [-0.1, -0.05) is 6.92 Å². The van der Waals surface area contributed by atoms with Crippen LogP contribution >= 0.6 is 0 Å². The maximum Gasteiger partial charge on any atom is 0.155 e. The van der Waals surface area contributed by atoms with E-state index in [1.807, 2.05) is 29.9 Å². The Morgan fingerprint density at radius 3 is 2.95 bits per heavy atom. The van der Waals surface area contributed by atoms with Gasteiger partial charge in [0.05, 0.1) is 5.69 Å². The molecule has 5 heteroatoms. The van der Waals surface area contributed by atoms with Crippen molar-refractivity contribution in [1.82, 2.24) is 19.9 Å². The van der Waals surface area contributed by atoms with E-state index in [2.05, 4.69) is 29.2 Å². The normalized spacial score (nSPS) is 14.7. The topological polar surface area (TPSA) is 62.5 Å². The highest BCUT2D eigenvalue weighted by molar-refractivity contribution is 5.38. The smallest absolute Gasteiger partial charge is 0.155 e. The lowest BCUT2D eigenvalue weighted by atomic mass is 9.95. The van der Waals surface area contributed by atoms with Crippen LogP contribution in [0, 0.1) is 6.92 Å². The van der Waals surface area contributed by atoms with E-state index >= 15 is 0 Å². The zero-order valence-electron chi connectivity index (χ0n) is 11.8. The number of rotatable bonds is 6. The Hall–Kier alpha value is -1.46. The summed E-state index contributed by atoms with van der Waals surface area (Å²) in [6.45, 7) is 7.15. The Bertz CT molecular complexity index is 551. The van der Waals surface area contributed by atoms with Crippen LogP contribution in [0.3, 0.4) is 0 Å². The van der Waals surface area contributed by atoms with Gasteiger partial charge in [0, 0.05) is 42.7 Å². The number of hydrogen-bond acceptors (Lipinski definition) is 4. The van der Waals surface area contributed by atoms with Crippen LogP contribution in [-0.2, 0) is 6.54 Å². The van der Waals surface area contributed by atoms with E-state index in [0.717, 1.165) is 36.3 Å². The fraction of sp³-hybridized carbons (Fsp3) is 0.571. The quantitative estimate of drug-likeness (QED) is 0.831. The third-order valence-electron chi connectivity index (χ3n) is 3.65. The fourth-order valence-corrected chi connectivity index (χ4v) is 2.08. The molecule has 0 aliphatic rings. The molecule has 1 atom stereocenters. The first-order valence-corrected chi connectivity index (χ1v) is 6.73. The minimum Gasteiger partial charge on any atom is -0.396 e. The Balaban J connectivity index is 2.08. The molecule has 0 aliphatic carbocycles. The summed E-state index contributed by atoms with van der Waals surface area (Å²) in [5, 5.41) is 17.0. The first-order valence-electron chi connectivity index (χ1n) is 6.73. The maximum absolute atomic E-state index is 9.11. The van der Waals surface area contributed by atoms with E-state index < -0.39 is 0 Å². The van der Waals surface area contributed by atoms with Crippen molar-refractivity contribution in [2.24, 2.45) is 0 Å². The average Bonchev–Trinajstić information content (AvgIpc) is 2.76. The van der Waals surface area contributed by atoms with Crippen LogP contribution in [0.1, 0.15) is 37.9 Å². The number of nitrogens with zero attached hydrogens (tertiary/aromatic N) is 3. The van der Waals surface area contributed by atoms with Gasteiger partial charge >= 0.3 is 0 Å². The zero-order valence-corrected chi connectivity index (χ0v) is 11.8. The molecule has 0 radical (unpaired) electrons. The van der Waals surface area contributed by atoms with Gasteiger partial charge in [-0.05, 0) is 26.7 Å². The van der Waals surface area contributed by atoms with Gasteiger partial charge in [0.25, 0.3) is 0 Å². The number of fused-ring (bicyclic) bond motifs is 1. The van der Waals surface area contributed by atoms with Crippen molar-refractivity contribution in [3.05, 3.63) is 29.7 Å². The van der Waals surface area contributed by atoms with Gasteiger partial charge < -0.3 is 10.4 Å². The average molecular weight is 262 g/mol. The number of aromatic nitrogens is 3. The molecule has 2 aromatic heterocycles. The van der Waals surface area contributed by atoms with Gasteiger partial charge in [-0.15, -0.1) is 0 Å². The van der Waals surface area contributed by atoms with Crippen molar-refractivity contribution in [1.29, 1.82) is 0 Å². The standard InChI is InChI=1S/C14H22N4O/c1-4-14(3,5-6-19)16-9-12-8-15-13-7-11(2)17-18(13)10-12/h7-8,10,16,19H,4-6,9H2,1-3H3. The van der Waals surface area contributed by atoms with Crippen molar-refractivity contribution in [2.75, 3.05) is 6.61 Å². The number of aliphatic hydroxyl groups is 1. The van der Waals surface area contributed by atoms with Crippen LogP contribution in [0.5, 0.6) is 0 Å². The fourth-order valence-electron chi connectivity index (χ4n) is 2.08. The molecule has 1 unspecified atom stereocenters. The zero-order chi connectivity index (χ0) is 13.9. The van der Waals surface area contributed by atoms with E-state index in [1.165, 1.54) is 0 Å². The van der Waals surface area contributed by atoms with Crippen molar-refractivity contribution < 1.29 is 5.11 Å². The van der Waals surface area contributed by atoms with Gasteiger partial charge in [0.1, 0.15) is 0 Å². The van der Waals surface area contributed by atoms with E-state index in [-0.39, 0.29) is 12.1 Å². The van der Waals surface area contributed by atoms with Gasteiger partial charge in [0.15, 0.2) is 5.65 Å². The van der Waals surface area contributed by atoms with E-state index in [0.29, 0.717) is 0 Å². The largest absolute Gasteiger partial charge is 0.396 e. The molecule has 0 saturated carbocycles. The maximum atomic E-state index is 9.11. The molecule has 104 valence electrons. The van der Waals surface area contributed by atoms with Crippen LogP contribution in [0.2, 0.25) is 0 Å². The molecule has 2 rings (SSSR count). The third kappa shape index (κ3) is 3.30. The number of hydrogen-bond donors (Lipinski definition) is 2. The van der Waals surface area contributed by atoms with Crippen LogP contribution in [0.25, 0.3) is 5.65 Å². The Morgan fingerprint density at radius 1 is 1.47 bits per heavy atom. The number of aliphatic hydroxyl groups excluding tert-OH is 1. The summed E-state index contributed by atoms with van der Waals surface area (Å²) in [6, 6.07) is 1.96. The molecule has 2 heterocycles. The van der Waals surface area contributed by atoms with Crippen molar-refractivity contribution in [3.8, 4) is 0 Å². The summed E-state index contributed by atoms with van der Waals surface area (Å²) in [6.07, 6.45) is 5.60. The Labute approximate surface area is 113 Å². The molecule has 0 aromatic carbocycles. The van der Waals surface area contributed by atoms with Crippen LogP contribution in [-0.4, -0.2) is 31.9 Å². The summed E-state index contributed by atoms with van der Waals surface area (Å²) in [4.78, 5) is 4.39. The molecule has 0 amide bonds. The summed E-state index contributed by atoms with van der Waals surface area (Å²) in [5.74, 6) is 0. The SMILES string of the molecule is CCC(C)(CCO)NCc1cnc2cc(C)nn2c1. The van der Waals surface area contributed by atoms with Gasteiger partial charge in [0.2, 0.25) is 0 Å². The number of aryl methyl sites for hydroxylation is 1. The lowest BCUT2D eigenvalue weighted by molar-refractivity contribution is 0.214. The van der Waals surface area contributed by atoms with Gasteiger partial charge in [-0.2, -0.15) is 5.10 Å². The molecule has 0 spiro atoms. The van der Waals surface area contributed by atoms with Gasteiger partial charge in [-0.25, -0.2) is 9.50 Å². The lowest BCUT2D eigenvalue weighted by Gasteiger charge is -2.29. The highest BCUT2D eigenvalue weighted by Crippen LogP contribution is 2.15. The van der Waals surface area contributed by atoms with Gasteiger partial charge in [-0.3, -0.25) is 0 Å². The van der Waals surface area contributed by atoms with Crippen molar-refractivity contribution >= 4 is 5.65 Å². The second-order valence-electron chi connectivity index (χ2n) is 5.29. The van der Waals surface area contributed by atoms with Crippen molar-refractivity contribution in [3.63, 3.8) is 0 Å². The predicted octanol–water partition coefficient (Wildman–Crippen LogP) is 1.68. The second-order valence-corrected chi connectivity index (χ2v) is 5.29. The summed E-state index contributed by atoms with van der Waals surface area (Å²) >= 11 is 0. The third-order valence-corrected chi connectivity index (χ3v) is 3.65. The van der Waals surface area contributed by atoms with Crippen LogP contribution in [0.4, 0.5) is 0 Å². The molecule has 19 heavy (non-hydrogen) atoms. The molecule has 2 aromatic rings. The first kappa shape index (κ1) is 14.0. The van der Waals surface area contributed by atoms with E-state index in [4.69, 9.17) is 5.11 Å². The van der Waals surface area contributed by atoms with Crippen LogP contribution in [0.15, 0.2) is 18.5 Å². The monoisotopic (exact) mass is 262 g/mol.